The predicted molar refractivity (Wildman–Crippen MR) is 131 cm³/mol. The molecule has 1 heterocycles. The molecule has 4 rings (SSSR count). The van der Waals surface area contributed by atoms with Gasteiger partial charge in [-0.3, -0.25) is 4.79 Å². The summed E-state index contributed by atoms with van der Waals surface area (Å²) in [5.74, 6) is 1.07. The number of anilines is 1. The number of hydrogen-bond donors (Lipinski definition) is 1. The summed E-state index contributed by atoms with van der Waals surface area (Å²) in [6.45, 7) is 0. The van der Waals surface area contributed by atoms with E-state index in [1.807, 2.05) is 24.3 Å². The molecule has 3 aromatic carbocycles. The van der Waals surface area contributed by atoms with Crippen molar-refractivity contribution in [3.05, 3.63) is 76.3 Å². The maximum Gasteiger partial charge on any atom is 0.256 e. The molecule has 0 saturated heterocycles. The number of ether oxygens (including phenoxy) is 3. The molecule has 1 N–H and O–H groups in total. The monoisotopic (exact) mass is 482 g/mol. The van der Waals surface area contributed by atoms with Crippen molar-refractivity contribution >= 4 is 45.7 Å². The summed E-state index contributed by atoms with van der Waals surface area (Å²) >= 11 is 12.5. The summed E-state index contributed by atoms with van der Waals surface area (Å²) in [5, 5.41) is 4.21. The fourth-order valence-corrected chi connectivity index (χ4v) is 4.03. The topological polar surface area (TPSA) is 69.7 Å². The number of para-hydroxylation sites is 2. The molecule has 1 aromatic heterocycles. The molecule has 6 nitrogen and oxygen atoms in total. The standard InChI is InChI=1S/C25H20Cl2N2O4/c1-31-21-11-14(12-22(32-2)24(21)33-3)20-13-16(15-7-4-5-10-19(15)28-20)25(30)29-23-17(26)8-6-9-18(23)27/h4-13H,1-3H3,(H,29,30). The zero-order valence-corrected chi connectivity index (χ0v) is 19.6. The third-order valence-electron chi connectivity index (χ3n) is 5.12. The Balaban J connectivity index is 1.87. The molecule has 1 amide bonds. The highest BCUT2D eigenvalue weighted by molar-refractivity contribution is 6.40. The van der Waals surface area contributed by atoms with Crippen LogP contribution in [-0.4, -0.2) is 32.2 Å². The van der Waals surface area contributed by atoms with Crippen LogP contribution in [0.5, 0.6) is 17.2 Å². The second kappa shape index (κ2) is 9.57. The maximum atomic E-state index is 13.3. The van der Waals surface area contributed by atoms with Crippen molar-refractivity contribution in [1.82, 2.24) is 4.98 Å². The molecular weight excluding hydrogens is 463 g/mol. The van der Waals surface area contributed by atoms with Crippen LogP contribution in [0, 0.1) is 0 Å². The molecule has 0 unspecified atom stereocenters. The van der Waals surface area contributed by atoms with Crippen LogP contribution in [0.1, 0.15) is 10.4 Å². The third kappa shape index (κ3) is 4.40. The van der Waals surface area contributed by atoms with Crippen molar-refractivity contribution in [3.8, 4) is 28.5 Å². The maximum absolute atomic E-state index is 13.3. The van der Waals surface area contributed by atoms with Crippen LogP contribution in [-0.2, 0) is 0 Å². The number of nitrogens with one attached hydrogen (secondary N) is 1. The SMILES string of the molecule is COc1cc(-c2cc(C(=O)Nc3c(Cl)cccc3Cl)c3ccccc3n2)cc(OC)c1OC. The number of benzene rings is 3. The van der Waals surface area contributed by atoms with E-state index in [1.54, 1.807) is 50.6 Å². The molecule has 0 aliphatic heterocycles. The molecular formula is C25H20Cl2N2O4. The normalized spacial score (nSPS) is 10.7. The number of carbonyl (C=O) groups is 1. The molecule has 8 heteroatoms. The molecule has 4 aromatic rings. The van der Waals surface area contributed by atoms with Gasteiger partial charge in [-0.05, 0) is 36.4 Å². The average Bonchev–Trinajstić information content (AvgIpc) is 2.84. The Morgan fingerprint density at radius 3 is 2.09 bits per heavy atom. The van der Waals surface area contributed by atoms with Gasteiger partial charge in [-0.1, -0.05) is 47.5 Å². The van der Waals surface area contributed by atoms with Gasteiger partial charge in [-0.2, -0.15) is 0 Å². The van der Waals surface area contributed by atoms with E-state index in [-0.39, 0.29) is 5.91 Å². The minimum atomic E-state index is -0.364. The molecule has 0 radical (unpaired) electrons. The van der Waals surface area contributed by atoms with Gasteiger partial charge >= 0.3 is 0 Å². The Morgan fingerprint density at radius 2 is 1.48 bits per heavy atom. The smallest absolute Gasteiger partial charge is 0.256 e. The fourth-order valence-electron chi connectivity index (χ4n) is 3.54. The number of nitrogens with zero attached hydrogens (tertiary/aromatic N) is 1. The second-order valence-electron chi connectivity index (χ2n) is 7.04. The first kappa shape index (κ1) is 22.7. The number of pyridine rings is 1. The highest BCUT2D eigenvalue weighted by Gasteiger charge is 2.19. The fraction of sp³-hybridized carbons (Fsp3) is 0.120. The van der Waals surface area contributed by atoms with Crippen molar-refractivity contribution < 1.29 is 19.0 Å². The van der Waals surface area contributed by atoms with Gasteiger partial charge in [0.2, 0.25) is 5.75 Å². The van der Waals surface area contributed by atoms with Crippen molar-refractivity contribution in [2.45, 2.75) is 0 Å². The second-order valence-corrected chi connectivity index (χ2v) is 7.85. The average molecular weight is 483 g/mol. The molecule has 0 aliphatic rings. The largest absolute Gasteiger partial charge is 0.493 e. The van der Waals surface area contributed by atoms with Crippen LogP contribution in [0.4, 0.5) is 5.69 Å². The van der Waals surface area contributed by atoms with Gasteiger partial charge in [0.25, 0.3) is 5.91 Å². The van der Waals surface area contributed by atoms with Crippen LogP contribution in [0.15, 0.2) is 60.7 Å². The summed E-state index contributed by atoms with van der Waals surface area (Å²) < 4.78 is 16.4. The van der Waals surface area contributed by atoms with Crippen LogP contribution in [0.25, 0.3) is 22.2 Å². The molecule has 168 valence electrons. The number of halogens is 2. The van der Waals surface area contributed by atoms with Gasteiger partial charge < -0.3 is 19.5 Å². The van der Waals surface area contributed by atoms with Gasteiger partial charge in [-0.15, -0.1) is 0 Å². The Morgan fingerprint density at radius 1 is 0.848 bits per heavy atom. The lowest BCUT2D eigenvalue weighted by Crippen LogP contribution is -2.14. The Labute approximate surface area is 201 Å². The van der Waals surface area contributed by atoms with Crippen LogP contribution < -0.4 is 19.5 Å². The first-order valence-corrected chi connectivity index (χ1v) is 10.7. The summed E-state index contributed by atoms with van der Waals surface area (Å²) in [7, 11) is 4.62. The lowest BCUT2D eigenvalue weighted by Gasteiger charge is -2.15. The molecule has 0 aliphatic carbocycles. The van der Waals surface area contributed by atoms with E-state index in [0.717, 1.165) is 0 Å². The summed E-state index contributed by atoms with van der Waals surface area (Å²) in [4.78, 5) is 18.1. The summed E-state index contributed by atoms with van der Waals surface area (Å²) in [5.41, 5.74) is 2.67. The van der Waals surface area contributed by atoms with E-state index < -0.39 is 0 Å². The summed E-state index contributed by atoms with van der Waals surface area (Å²) in [6, 6.07) is 17.7. The molecule has 0 bridgehead atoms. The Kier molecular flexibility index (Phi) is 6.58. The number of hydrogen-bond acceptors (Lipinski definition) is 5. The van der Waals surface area contributed by atoms with Crippen molar-refractivity contribution in [1.29, 1.82) is 0 Å². The number of aromatic nitrogens is 1. The van der Waals surface area contributed by atoms with Crippen molar-refractivity contribution in [2.75, 3.05) is 26.6 Å². The highest BCUT2D eigenvalue weighted by atomic mass is 35.5. The van der Waals surface area contributed by atoms with Gasteiger partial charge in [-0.25, -0.2) is 4.98 Å². The molecule has 33 heavy (non-hydrogen) atoms. The van der Waals surface area contributed by atoms with E-state index in [4.69, 9.17) is 42.4 Å². The predicted octanol–water partition coefficient (Wildman–Crippen LogP) is 6.49. The van der Waals surface area contributed by atoms with Crippen LogP contribution in [0.2, 0.25) is 10.0 Å². The highest BCUT2D eigenvalue weighted by Crippen LogP contribution is 2.41. The quantitative estimate of drug-likeness (QED) is 0.340. The number of methoxy groups -OCH3 is 3. The third-order valence-corrected chi connectivity index (χ3v) is 5.75. The van der Waals surface area contributed by atoms with E-state index in [9.17, 15) is 4.79 Å². The first-order valence-electron chi connectivity index (χ1n) is 9.92. The van der Waals surface area contributed by atoms with E-state index in [2.05, 4.69) is 5.32 Å². The van der Waals surface area contributed by atoms with E-state index in [0.29, 0.717) is 60.7 Å². The lowest BCUT2D eigenvalue weighted by molar-refractivity contribution is 0.102. The molecule has 0 fully saturated rings. The van der Waals surface area contributed by atoms with Crippen LogP contribution >= 0.6 is 23.2 Å². The van der Waals surface area contributed by atoms with E-state index in [1.165, 1.54) is 7.11 Å². The lowest BCUT2D eigenvalue weighted by atomic mass is 10.0. The number of carbonyl (C=O) groups excluding carboxylic acids is 1. The van der Waals surface area contributed by atoms with Gasteiger partial charge in [0.05, 0.1) is 53.8 Å². The Bertz CT molecular complexity index is 1310. The Hall–Kier alpha value is -3.48. The van der Waals surface area contributed by atoms with Crippen molar-refractivity contribution in [3.63, 3.8) is 0 Å². The number of rotatable bonds is 6. The van der Waals surface area contributed by atoms with Gasteiger partial charge in [0.15, 0.2) is 11.5 Å². The minimum absolute atomic E-state index is 0.346. The zero-order valence-electron chi connectivity index (χ0n) is 18.1. The first-order chi connectivity index (χ1) is 16.0. The summed E-state index contributed by atoms with van der Waals surface area (Å²) in [6.07, 6.45) is 0. The number of fused-ring (bicyclic) bond motifs is 1. The minimum Gasteiger partial charge on any atom is -0.493 e. The van der Waals surface area contributed by atoms with Crippen molar-refractivity contribution in [2.24, 2.45) is 0 Å². The van der Waals surface area contributed by atoms with Gasteiger partial charge in [0.1, 0.15) is 0 Å². The molecule has 0 spiro atoms. The van der Waals surface area contributed by atoms with Gasteiger partial charge in [0, 0.05) is 10.9 Å². The number of amides is 1. The van der Waals surface area contributed by atoms with Crippen LogP contribution in [0.3, 0.4) is 0 Å². The molecule has 0 saturated carbocycles. The van der Waals surface area contributed by atoms with E-state index >= 15 is 0 Å². The zero-order chi connectivity index (χ0) is 23.5. The molecule has 0 atom stereocenters.